The van der Waals surface area contributed by atoms with E-state index in [9.17, 15) is 9.59 Å². The van der Waals surface area contributed by atoms with Gasteiger partial charge in [-0.2, -0.15) is 0 Å². The molecular formula is C16H16N2O2. The third-order valence-electron chi connectivity index (χ3n) is 3.52. The number of benzene rings is 2. The Labute approximate surface area is 117 Å². The molecule has 0 saturated heterocycles. The molecule has 0 heterocycles. The van der Waals surface area contributed by atoms with Crippen LogP contribution in [0.15, 0.2) is 24.3 Å². The van der Waals surface area contributed by atoms with E-state index >= 15 is 0 Å². The van der Waals surface area contributed by atoms with Crippen molar-refractivity contribution in [3.8, 4) is 0 Å². The topological polar surface area (TPSA) is 58.2 Å². The van der Waals surface area contributed by atoms with Crippen LogP contribution in [0.3, 0.4) is 0 Å². The fourth-order valence-electron chi connectivity index (χ4n) is 2.92. The van der Waals surface area contributed by atoms with Crippen molar-refractivity contribution in [1.82, 2.24) is 0 Å². The lowest BCUT2D eigenvalue weighted by Gasteiger charge is -2.10. The lowest BCUT2D eigenvalue weighted by molar-refractivity contribution is -0.115. The third-order valence-corrected chi connectivity index (χ3v) is 3.52. The van der Waals surface area contributed by atoms with Crippen LogP contribution in [0.1, 0.15) is 25.0 Å². The summed E-state index contributed by atoms with van der Waals surface area (Å²) in [6, 6.07) is 8.00. The number of anilines is 2. The first-order valence-electron chi connectivity index (χ1n) is 6.67. The Bertz CT molecular complexity index is 676. The normalized spacial score (nSPS) is 12.5. The summed E-state index contributed by atoms with van der Waals surface area (Å²) in [5.74, 6) is -0.152. The maximum Gasteiger partial charge on any atom is 0.221 e. The lowest BCUT2D eigenvalue weighted by Crippen LogP contribution is -2.07. The molecule has 0 aliphatic heterocycles. The van der Waals surface area contributed by atoms with Crippen LogP contribution in [-0.4, -0.2) is 11.8 Å². The van der Waals surface area contributed by atoms with Crippen molar-refractivity contribution in [3.63, 3.8) is 0 Å². The summed E-state index contributed by atoms with van der Waals surface area (Å²) in [4.78, 5) is 22.4. The average Bonchev–Trinajstić information content (AvgIpc) is 2.71. The molecule has 0 saturated carbocycles. The number of carbonyl (C=O) groups excluding carboxylic acids is 2. The van der Waals surface area contributed by atoms with Crippen LogP contribution in [0, 0.1) is 0 Å². The van der Waals surface area contributed by atoms with Crippen LogP contribution in [0.2, 0.25) is 0 Å². The van der Waals surface area contributed by atoms with Crippen LogP contribution < -0.4 is 10.6 Å². The van der Waals surface area contributed by atoms with Gasteiger partial charge < -0.3 is 10.6 Å². The minimum Gasteiger partial charge on any atom is -0.326 e. The van der Waals surface area contributed by atoms with E-state index in [1.54, 1.807) is 0 Å². The van der Waals surface area contributed by atoms with Gasteiger partial charge in [-0.15, -0.1) is 0 Å². The molecule has 3 rings (SSSR count). The molecule has 4 heteroatoms. The summed E-state index contributed by atoms with van der Waals surface area (Å²) in [7, 11) is 0. The predicted octanol–water partition coefficient (Wildman–Crippen LogP) is 2.86. The van der Waals surface area contributed by atoms with Gasteiger partial charge in [0.15, 0.2) is 0 Å². The minimum atomic E-state index is -0.0761. The predicted molar refractivity (Wildman–Crippen MR) is 80.0 cm³/mol. The summed E-state index contributed by atoms with van der Waals surface area (Å²) in [5, 5.41) is 7.98. The minimum absolute atomic E-state index is 0.0761. The molecule has 4 nitrogen and oxygen atoms in total. The van der Waals surface area contributed by atoms with Gasteiger partial charge in [-0.25, -0.2) is 0 Å². The van der Waals surface area contributed by atoms with Gasteiger partial charge in [0.25, 0.3) is 0 Å². The van der Waals surface area contributed by atoms with Crippen LogP contribution >= 0.6 is 0 Å². The molecule has 0 spiro atoms. The molecule has 0 radical (unpaired) electrons. The van der Waals surface area contributed by atoms with Crippen molar-refractivity contribution in [2.24, 2.45) is 0 Å². The first-order chi connectivity index (χ1) is 9.52. The van der Waals surface area contributed by atoms with Gasteiger partial charge in [0.1, 0.15) is 0 Å². The first kappa shape index (κ1) is 12.7. The van der Waals surface area contributed by atoms with Crippen molar-refractivity contribution < 1.29 is 9.59 Å². The zero-order valence-corrected chi connectivity index (χ0v) is 11.5. The second-order valence-electron chi connectivity index (χ2n) is 5.23. The van der Waals surface area contributed by atoms with Crippen LogP contribution in [0.4, 0.5) is 11.4 Å². The van der Waals surface area contributed by atoms with E-state index in [4.69, 9.17) is 0 Å². The van der Waals surface area contributed by atoms with Gasteiger partial charge >= 0.3 is 0 Å². The summed E-state index contributed by atoms with van der Waals surface area (Å²) in [6.45, 7) is 3.01. The maximum atomic E-state index is 11.2. The Hall–Kier alpha value is -2.36. The van der Waals surface area contributed by atoms with E-state index in [1.807, 2.05) is 24.3 Å². The molecule has 0 bridgehead atoms. The highest BCUT2D eigenvalue weighted by Crippen LogP contribution is 2.35. The van der Waals surface area contributed by atoms with E-state index in [2.05, 4.69) is 10.6 Å². The molecule has 102 valence electrons. The highest BCUT2D eigenvalue weighted by Gasteiger charge is 2.17. The fraction of sp³-hybridized carbons (Fsp3) is 0.250. The van der Waals surface area contributed by atoms with Gasteiger partial charge in [0, 0.05) is 25.2 Å². The van der Waals surface area contributed by atoms with Crippen LogP contribution in [0.5, 0.6) is 0 Å². The molecular weight excluding hydrogens is 252 g/mol. The number of amides is 2. The van der Waals surface area contributed by atoms with Crippen molar-refractivity contribution >= 4 is 34.0 Å². The molecule has 2 N–H and O–H groups in total. The lowest BCUT2D eigenvalue weighted by atomic mass is 10.0. The summed E-state index contributed by atoms with van der Waals surface area (Å²) >= 11 is 0. The zero-order chi connectivity index (χ0) is 14.3. The van der Waals surface area contributed by atoms with Gasteiger partial charge in [-0.3, -0.25) is 9.59 Å². The Balaban J connectivity index is 2.14. The number of hydrogen-bond donors (Lipinski definition) is 2. The average molecular weight is 268 g/mol. The van der Waals surface area contributed by atoms with E-state index in [-0.39, 0.29) is 11.8 Å². The Kier molecular flexibility index (Phi) is 2.93. The summed E-state index contributed by atoms with van der Waals surface area (Å²) in [6.07, 6.45) is 1.95. The number of aryl methyl sites for hydroxylation is 2. The number of carbonyl (C=O) groups is 2. The maximum absolute atomic E-state index is 11.2. The largest absolute Gasteiger partial charge is 0.326 e. The Morgan fingerprint density at radius 1 is 0.850 bits per heavy atom. The molecule has 1 aliphatic carbocycles. The molecule has 2 amide bonds. The molecule has 0 aromatic heterocycles. The molecule has 0 atom stereocenters. The number of nitrogens with one attached hydrogen (secondary N) is 2. The Morgan fingerprint density at radius 2 is 1.30 bits per heavy atom. The summed E-state index contributed by atoms with van der Waals surface area (Å²) in [5.41, 5.74) is 4.15. The zero-order valence-electron chi connectivity index (χ0n) is 11.5. The van der Waals surface area contributed by atoms with Gasteiger partial charge in [0.05, 0.1) is 0 Å². The Morgan fingerprint density at radius 3 is 1.70 bits per heavy atom. The first-order valence-corrected chi connectivity index (χ1v) is 6.67. The standard InChI is InChI=1S/C16H16N2O2/c1-9(19)17-14-5-11-3-4-12-6-15(18-10(2)20)8-13(7-14)16(11)12/h5-8H,3-4H2,1-2H3,(H,17,19)(H,18,20). The SMILES string of the molecule is CC(=O)Nc1cc2c3c(cc(NC(C)=O)cc3c1)CC2. The summed E-state index contributed by atoms with van der Waals surface area (Å²) < 4.78 is 0. The molecule has 1 aliphatic rings. The number of rotatable bonds is 2. The highest BCUT2D eigenvalue weighted by atomic mass is 16.2. The number of hydrogen-bond acceptors (Lipinski definition) is 2. The van der Waals surface area contributed by atoms with E-state index in [0.29, 0.717) is 0 Å². The van der Waals surface area contributed by atoms with Crippen molar-refractivity contribution in [2.75, 3.05) is 10.6 Å². The second kappa shape index (κ2) is 4.63. The molecule has 2 aromatic rings. The fourth-order valence-corrected chi connectivity index (χ4v) is 2.92. The van der Waals surface area contributed by atoms with Crippen molar-refractivity contribution in [2.45, 2.75) is 26.7 Å². The van der Waals surface area contributed by atoms with Gasteiger partial charge in [-0.1, -0.05) is 0 Å². The molecule has 0 fully saturated rings. The van der Waals surface area contributed by atoms with Gasteiger partial charge in [-0.05, 0) is 59.0 Å². The monoisotopic (exact) mass is 268 g/mol. The molecule has 0 unspecified atom stereocenters. The van der Waals surface area contributed by atoms with Crippen LogP contribution in [-0.2, 0) is 22.4 Å². The smallest absolute Gasteiger partial charge is 0.221 e. The van der Waals surface area contributed by atoms with Crippen LogP contribution in [0.25, 0.3) is 10.8 Å². The third kappa shape index (κ3) is 2.25. The highest BCUT2D eigenvalue weighted by molar-refractivity contribution is 6.00. The quantitative estimate of drug-likeness (QED) is 0.880. The molecule has 2 aromatic carbocycles. The van der Waals surface area contributed by atoms with Crippen molar-refractivity contribution in [3.05, 3.63) is 35.4 Å². The van der Waals surface area contributed by atoms with Crippen molar-refractivity contribution in [1.29, 1.82) is 0 Å². The van der Waals surface area contributed by atoms with E-state index < -0.39 is 0 Å². The molecule has 20 heavy (non-hydrogen) atoms. The second-order valence-corrected chi connectivity index (χ2v) is 5.23. The van der Waals surface area contributed by atoms with Gasteiger partial charge in [0.2, 0.25) is 11.8 Å². The van der Waals surface area contributed by atoms with E-state index in [0.717, 1.165) is 29.6 Å². The van der Waals surface area contributed by atoms with E-state index in [1.165, 1.54) is 30.4 Å².